The van der Waals surface area contributed by atoms with Gasteiger partial charge < -0.3 is 18.8 Å². The van der Waals surface area contributed by atoms with E-state index in [0.29, 0.717) is 12.0 Å². The third-order valence-corrected chi connectivity index (χ3v) is 2.82. The standard InChI is InChI=1S/C13H17NO6/c1-18-8-10-5-4-9(7-15)14(10)11(13(17)20-3)6-12(16)19-2/h4-5,7,11H,6,8H2,1-3H3/t11-/m0/s1. The molecule has 0 amide bonds. The van der Waals surface area contributed by atoms with Crippen molar-refractivity contribution in [3.05, 3.63) is 23.5 Å². The van der Waals surface area contributed by atoms with E-state index >= 15 is 0 Å². The fraction of sp³-hybridized carbons (Fsp3) is 0.462. The first-order valence-corrected chi connectivity index (χ1v) is 5.87. The van der Waals surface area contributed by atoms with Crippen molar-refractivity contribution >= 4 is 18.2 Å². The van der Waals surface area contributed by atoms with Crippen molar-refractivity contribution in [2.75, 3.05) is 21.3 Å². The summed E-state index contributed by atoms with van der Waals surface area (Å²) in [6.45, 7) is 0.197. The number of esters is 2. The molecule has 7 nitrogen and oxygen atoms in total. The second-order valence-corrected chi connectivity index (χ2v) is 3.99. The van der Waals surface area contributed by atoms with Crippen LogP contribution in [-0.2, 0) is 30.4 Å². The Bertz CT molecular complexity index is 493. The van der Waals surface area contributed by atoms with Crippen molar-refractivity contribution in [3.8, 4) is 0 Å². The Labute approximate surface area is 116 Å². The molecule has 1 heterocycles. The van der Waals surface area contributed by atoms with Crippen LogP contribution in [0.1, 0.15) is 28.6 Å². The smallest absolute Gasteiger partial charge is 0.329 e. The lowest BCUT2D eigenvalue weighted by Crippen LogP contribution is -2.27. The van der Waals surface area contributed by atoms with Crippen molar-refractivity contribution in [1.29, 1.82) is 0 Å². The van der Waals surface area contributed by atoms with E-state index in [9.17, 15) is 14.4 Å². The monoisotopic (exact) mass is 283 g/mol. The Morgan fingerprint density at radius 2 is 1.95 bits per heavy atom. The molecule has 7 heteroatoms. The molecule has 0 aliphatic carbocycles. The minimum atomic E-state index is -0.965. The number of aldehydes is 1. The number of rotatable bonds is 7. The van der Waals surface area contributed by atoms with Gasteiger partial charge in [0, 0.05) is 12.8 Å². The van der Waals surface area contributed by atoms with Gasteiger partial charge in [0.15, 0.2) is 6.29 Å². The lowest BCUT2D eigenvalue weighted by molar-refractivity contribution is -0.151. The molecule has 0 N–H and O–H groups in total. The number of hydrogen-bond acceptors (Lipinski definition) is 6. The molecule has 0 unspecified atom stereocenters. The molecule has 1 aromatic heterocycles. The molecule has 20 heavy (non-hydrogen) atoms. The van der Waals surface area contributed by atoms with Crippen LogP contribution in [0.2, 0.25) is 0 Å². The molecule has 0 bridgehead atoms. The predicted octanol–water partition coefficient (Wildman–Crippen LogP) is 0.724. The van der Waals surface area contributed by atoms with E-state index in [1.807, 2.05) is 0 Å². The van der Waals surface area contributed by atoms with Crippen molar-refractivity contribution in [1.82, 2.24) is 4.57 Å². The Morgan fingerprint density at radius 1 is 1.25 bits per heavy atom. The van der Waals surface area contributed by atoms with Crippen LogP contribution in [0, 0.1) is 0 Å². The van der Waals surface area contributed by atoms with Gasteiger partial charge in [-0.3, -0.25) is 9.59 Å². The summed E-state index contributed by atoms with van der Waals surface area (Å²) in [5, 5.41) is 0. The Kier molecular flexibility index (Phi) is 5.92. The van der Waals surface area contributed by atoms with Gasteiger partial charge in [0.05, 0.1) is 32.9 Å². The molecule has 0 aliphatic heterocycles. The highest BCUT2D eigenvalue weighted by Crippen LogP contribution is 2.21. The van der Waals surface area contributed by atoms with Gasteiger partial charge in [0.1, 0.15) is 6.04 Å². The largest absolute Gasteiger partial charge is 0.469 e. The van der Waals surface area contributed by atoms with Crippen molar-refractivity contribution in [2.24, 2.45) is 0 Å². The van der Waals surface area contributed by atoms with Crippen molar-refractivity contribution < 1.29 is 28.6 Å². The molecule has 0 aromatic carbocycles. The summed E-state index contributed by atoms with van der Waals surface area (Å²) in [7, 11) is 3.93. The molecule has 1 atom stereocenters. The zero-order valence-electron chi connectivity index (χ0n) is 11.6. The summed E-state index contributed by atoms with van der Waals surface area (Å²) in [6.07, 6.45) is 0.377. The highest BCUT2D eigenvalue weighted by molar-refractivity contribution is 5.83. The first kappa shape index (κ1) is 15.9. The van der Waals surface area contributed by atoms with E-state index in [0.717, 1.165) is 0 Å². The highest BCUT2D eigenvalue weighted by atomic mass is 16.5. The zero-order valence-corrected chi connectivity index (χ0v) is 11.6. The number of methoxy groups -OCH3 is 3. The first-order chi connectivity index (χ1) is 9.58. The Balaban J connectivity index is 3.23. The highest BCUT2D eigenvalue weighted by Gasteiger charge is 2.28. The molecular weight excluding hydrogens is 266 g/mol. The van der Waals surface area contributed by atoms with Gasteiger partial charge in [-0.05, 0) is 12.1 Å². The Morgan fingerprint density at radius 3 is 2.45 bits per heavy atom. The lowest BCUT2D eigenvalue weighted by Gasteiger charge is -2.19. The third kappa shape index (κ3) is 3.45. The summed E-state index contributed by atoms with van der Waals surface area (Å²) in [5.74, 6) is -1.21. The molecule has 0 radical (unpaired) electrons. The van der Waals surface area contributed by atoms with Gasteiger partial charge in [0.2, 0.25) is 0 Å². The molecule has 110 valence electrons. The maximum Gasteiger partial charge on any atom is 0.329 e. The molecule has 1 aromatic rings. The summed E-state index contributed by atoms with van der Waals surface area (Å²) in [6, 6.07) is 2.24. The van der Waals surface area contributed by atoms with Gasteiger partial charge in [-0.1, -0.05) is 0 Å². The van der Waals surface area contributed by atoms with E-state index in [2.05, 4.69) is 9.47 Å². The van der Waals surface area contributed by atoms with Crippen LogP contribution < -0.4 is 0 Å². The number of hydrogen-bond donors (Lipinski definition) is 0. The second-order valence-electron chi connectivity index (χ2n) is 3.99. The van der Waals surface area contributed by atoms with Crippen LogP contribution >= 0.6 is 0 Å². The van der Waals surface area contributed by atoms with E-state index in [1.54, 1.807) is 12.1 Å². The van der Waals surface area contributed by atoms with Gasteiger partial charge in [-0.15, -0.1) is 0 Å². The minimum Gasteiger partial charge on any atom is -0.469 e. The number of ether oxygens (including phenoxy) is 3. The van der Waals surface area contributed by atoms with E-state index in [4.69, 9.17) is 4.74 Å². The molecule has 0 saturated carbocycles. The second kappa shape index (κ2) is 7.44. The topological polar surface area (TPSA) is 83.8 Å². The molecule has 0 fully saturated rings. The fourth-order valence-corrected chi connectivity index (χ4v) is 1.91. The van der Waals surface area contributed by atoms with Gasteiger partial charge in [-0.2, -0.15) is 0 Å². The van der Waals surface area contributed by atoms with Crippen LogP contribution in [0.15, 0.2) is 12.1 Å². The van der Waals surface area contributed by atoms with Gasteiger partial charge in [-0.25, -0.2) is 4.79 Å². The van der Waals surface area contributed by atoms with Crippen molar-refractivity contribution in [2.45, 2.75) is 19.1 Å². The van der Waals surface area contributed by atoms with E-state index < -0.39 is 18.0 Å². The lowest BCUT2D eigenvalue weighted by atomic mass is 10.2. The summed E-state index contributed by atoms with van der Waals surface area (Å²) in [4.78, 5) is 34.4. The van der Waals surface area contributed by atoms with Crippen LogP contribution in [0.3, 0.4) is 0 Å². The first-order valence-electron chi connectivity index (χ1n) is 5.87. The van der Waals surface area contributed by atoms with Gasteiger partial charge >= 0.3 is 11.9 Å². The fourth-order valence-electron chi connectivity index (χ4n) is 1.91. The average Bonchev–Trinajstić information content (AvgIpc) is 2.86. The molecule has 0 saturated heterocycles. The summed E-state index contributed by atoms with van der Waals surface area (Å²) < 4.78 is 15.7. The summed E-state index contributed by atoms with van der Waals surface area (Å²) in [5.41, 5.74) is 0.852. The van der Waals surface area contributed by atoms with Crippen molar-refractivity contribution in [3.63, 3.8) is 0 Å². The molecule has 0 spiro atoms. The number of nitrogens with zero attached hydrogens (tertiary/aromatic N) is 1. The molecule has 0 aliphatic rings. The SMILES string of the molecule is COCc1ccc(C=O)n1[C@@H](CC(=O)OC)C(=O)OC. The predicted molar refractivity (Wildman–Crippen MR) is 68.2 cm³/mol. The van der Waals surface area contributed by atoms with Crippen LogP contribution in [0.5, 0.6) is 0 Å². The third-order valence-electron chi connectivity index (χ3n) is 2.82. The zero-order chi connectivity index (χ0) is 15.1. The summed E-state index contributed by atoms with van der Waals surface area (Å²) >= 11 is 0. The van der Waals surface area contributed by atoms with Crippen LogP contribution in [0.25, 0.3) is 0 Å². The van der Waals surface area contributed by atoms with E-state index in [-0.39, 0.29) is 18.7 Å². The molecular formula is C13H17NO6. The van der Waals surface area contributed by atoms with Gasteiger partial charge in [0.25, 0.3) is 0 Å². The quantitative estimate of drug-likeness (QED) is 0.541. The maximum absolute atomic E-state index is 11.9. The minimum absolute atomic E-state index is 0.197. The van der Waals surface area contributed by atoms with Crippen LogP contribution in [-0.4, -0.2) is 44.1 Å². The van der Waals surface area contributed by atoms with E-state index in [1.165, 1.54) is 25.9 Å². The molecule has 1 rings (SSSR count). The number of aromatic nitrogens is 1. The Hall–Kier alpha value is -2.15. The number of carbonyl (C=O) groups is 3. The average molecular weight is 283 g/mol. The van der Waals surface area contributed by atoms with Crippen LogP contribution in [0.4, 0.5) is 0 Å². The number of carbonyl (C=O) groups excluding carboxylic acids is 3. The normalized spacial score (nSPS) is 11.8. The maximum atomic E-state index is 11.9.